The molecular weight excluding hydrogens is 220 g/mol. The van der Waals surface area contributed by atoms with Gasteiger partial charge in [0.25, 0.3) is 0 Å². The molecule has 1 N–H and O–H groups in total. The Labute approximate surface area is 109 Å². The number of benzene rings is 2. The molecular formula is C17H20O. The lowest BCUT2D eigenvalue weighted by Gasteiger charge is -2.28. The van der Waals surface area contributed by atoms with E-state index in [9.17, 15) is 5.11 Å². The molecule has 2 aromatic rings. The van der Waals surface area contributed by atoms with Crippen LogP contribution < -0.4 is 0 Å². The van der Waals surface area contributed by atoms with Gasteiger partial charge in [-0.2, -0.15) is 0 Å². The van der Waals surface area contributed by atoms with Gasteiger partial charge in [0.1, 0.15) is 5.75 Å². The molecule has 0 spiro atoms. The summed E-state index contributed by atoms with van der Waals surface area (Å²) in [4.78, 5) is 0. The molecule has 0 saturated heterocycles. The monoisotopic (exact) mass is 240 g/mol. The molecule has 2 rings (SSSR count). The fourth-order valence-electron chi connectivity index (χ4n) is 2.52. The molecule has 0 radical (unpaired) electrons. The van der Waals surface area contributed by atoms with E-state index in [0.29, 0.717) is 5.75 Å². The van der Waals surface area contributed by atoms with Gasteiger partial charge in [0.2, 0.25) is 0 Å². The molecule has 18 heavy (non-hydrogen) atoms. The summed E-state index contributed by atoms with van der Waals surface area (Å²) in [5.74, 6) is 0.375. The summed E-state index contributed by atoms with van der Waals surface area (Å²) in [6.07, 6.45) is 0. The Balaban J connectivity index is 2.58. The highest BCUT2D eigenvalue weighted by Gasteiger charge is 2.25. The van der Waals surface area contributed by atoms with E-state index < -0.39 is 0 Å². The third kappa shape index (κ3) is 2.13. The van der Waals surface area contributed by atoms with E-state index in [0.717, 1.165) is 5.56 Å². The molecule has 0 aliphatic rings. The van der Waals surface area contributed by atoms with Gasteiger partial charge in [0, 0.05) is 5.41 Å². The Morgan fingerprint density at radius 2 is 1.50 bits per heavy atom. The topological polar surface area (TPSA) is 20.2 Å². The first-order valence-corrected chi connectivity index (χ1v) is 6.29. The molecule has 0 heterocycles. The Morgan fingerprint density at radius 3 is 2.11 bits per heavy atom. The molecule has 0 atom stereocenters. The number of hydrogen-bond acceptors (Lipinski definition) is 1. The highest BCUT2D eigenvalue weighted by atomic mass is 16.3. The van der Waals surface area contributed by atoms with Crippen LogP contribution in [0, 0.1) is 13.8 Å². The van der Waals surface area contributed by atoms with Crippen LogP contribution in [0.2, 0.25) is 0 Å². The summed E-state index contributed by atoms with van der Waals surface area (Å²) >= 11 is 0. The first-order chi connectivity index (χ1) is 8.43. The summed E-state index contributed by atoms with van der Waals surface area (Å²) in [5, 5.41) is 9.93. The summed E-state index contributed by atoms with van der Waals surface area (Å²) in [7, 11) is 0. The molecule has 0 aromatic heterocycles. The van der Waals surface area contributed by atoms with Crippen LogP contribution in [-0.2, 0) is 5.41 Å². The number of phenolic OH excluding ortho intramolecular Hbond substituents is 1. The normalized spacial score (nSPS) is 11.6. The number of hydrogen-bond donors (Lipinski definition) is 1. The van der Waals surface area contributed by atoms with Gasteiger partial charge in [0.15, 0.2) is 0 Å². The lowest BCUT2D eigenvalue weighted by atomic mass is 9.76. The van der Waals surface area contributed by atoms with Crippen molar-refractivity contribution in [3.63, 3.8) is 0 Å². The summed E-state index contributed by atoms with van der Waals surface area (Å²) < 4.78 is 0. The Hall–Kier alpha value is -1.76. The third-order valence-corrected chi connectivity index (χ3v) is 3.71. The average Bonchev–Trinajstić information content (AvgIpc) is 2.34. The van der Waals surface area contributed by atoms with Crippen LogP contribution in [0.15, 0.2) is 42.5 Å². The van der Waals surface area contributed by atoms with Crippen molar-refractivity contribution < 1.29 is 5.11 Å². The average molecular weight is 240 g/mol. The Kier molecular flexibility index (Phi) is 3.16. The molecule has 0 amide bonds. The second kappa shape index (κ2) is 4.49. The highest BCUT2D eigenvalue weighted by Crippen LogP contribution is 2.36. The zero-order chi connectivity index (χ0) is 13.3. The molecule has 0 saturated carbocycles. The van der Waals surface area contributed by atoms with Crippen molar-refractivity contribution in [1.82, 2.24) is 0 Å². The first kappa shape index (κ1) is 12.7. The molecule has 1 nitrogen and oxygen atoms in total. The van der Waals surface area contributed by atoms with Crippen LogP contribution in [-0.4, -0.2) is 5.11 Å². The Morgan fingerprint density at radius 1 is 0.889 bits per heavy atom. The van der Waals surface area contributed by atoms with Crippen LogP contribution in [0.3, 0.4) is 0 Å². The maximum Gasteiger partial charge on any atom is 0.118 e. The van der Waals surface area contributed by atoms with Crippen molar-refractivity contribution in [2.24, 2.45) is 0 Å². The second-order valence-electron chi connectivity index (χ2n) is 5.44. The summed E-state index contributed by atoms with van der Waals surface area (Å²) in [6.45, 7) is 8.42. The van der Waals surface area contributed by atoms with Crippen molar-refractivity contribution >= 4 is 0 Å². The van der Waals surface area contributed by atoms with Crippen LogP contribution >= 0.6 is 0 Å². The van der Waals surface area contributed by atoms with Gasteiger partial charge < -0.3 is 5.11 Å². The first-order valence-electron chi connectivity index (χ1n) is 6.29. The fourth-order valence-corrected chi connectivity index (χ4v) is 2.52. The highest BCUT2D eigenvalue weighted by molar-refractivity contribution is 5.48. The van der Waals surface area contributed by atoms with E-state index in [2.05, 4.69) is 51.1 Å². The molecule has 0 aliphatic heterocycles. The van der Waals surface area contributed by atoms with E-state index in [4.69, 9.17) is 0 Å². The van der Waals surface area contributed by atoms with E-state index in [1.807, 2.05) is 19.1 Å². The molecule has 1 heteroatoms. The minimum atomic E-state index is -0.101. The minimum absolute atomic E-state index is 0.101. The van der Waals surface area contributed by atoms with Gasteiger partial charge in [0.05, 0.1) is 0 Å². The van der Waals surface area contributed by atoms with E-state index in [-0.39, 0.29) is 5.41 Å². The van der Waals surface area contributed by atoms with Gasteiger partial charge in [-0.1, -0.05) is 50.2 Å². The maximum atomic E-state index is 9.93. The summed E-state index contributed by atoms with van der Waals surface area (Å²) in [6, 6.07) is 14.4. The van der Waals surface area contributed by atoms with E-state index in [1.54, 1.807) is 0 Å². The van der Waals surface area contributed by atoms with E-state index in [1.165, 1.54) is 16.7 Å². The molecule has 0 fully saturated rings. The van der Waals surface area contributed by atoms with Crippen molar-refractivity contribution in [2.75, 3.05) is 0 Å². The van der Waals surface area contributed by atoms with Crippen molar-refractivity contribution in [3.8, 4) is 5.75 Å². The molecule has 2 aromatic carbocycles. The third-order valence-electron chi connectivity index (χ3n) is 3.71. The van der Waals surface area contributed by atoms with Gasteiger partial charge >= 0.3 is 0 Å². The number of rotatable bonds is 2. The van der Waals surface area contributed by atoms with Crippen molar-refractivity contribution in [1.29, 1.82) is 0 Å². The maximum absolute atomic E-state index is 9.93. The molecule has 0 unspecified atom stereocenters. The predicted octanol–water partition coefficient (Wildman–Crippen LogP) is 4.33. The zero-order valence-electron chi connectivity index (χ0n) is 11.5. The second-order valence-corrected chi connectivity index (χ2v) is 5.44. The van der Waals surface area contributed by atoms with Gasteiger partial charge in [-0.3, -0.25) is 0 Å². The summed E-state index contributed by atoms with van der Waals surface area (Å²) in [5.41, 5.74) is 4.49. The van der Waals surface area contributed by atoms with Crippen molar-refractivity contribution in [3.05, 3.63) is 64.7 Å². The quantitative estimate of drug-likeness (QED) is 0.828. The largest absolute Gasteiger partial charge is 0.508 e. The molecule has 0 aliphatic carbocycles. The lowest BCUT2D eigenvalue weighted by Crippen LogP contribution is -2.20. The number of phenols is 1. The van der Waals surface area contributed by atoms with Gasteiger partial charge in [-0.15, -0.1) is 0 Å². The standard InChI is InChI=1S/C17H20O/c1-12-10-13(2)16(18)11-15(12)17(3,4)14-8-6-5-7-9-14/h5-11,18H,1-4H3. The lowest BCUT2D eigenvalue weighted by molar-refractivity contribution is 0.467. The smallest absolute Gasteiger partial charge is 0.118 e. The molecule has 0 bridgehead atoms. The SMILES string of the molecule is Cc1cc(C)c(C(C)(C)c2ccccc2)cc1O. The van der Waals surface area contributed by atoms with Crippen LogP contribution in [0.4, 0.5) is 0 Å². The number of aromatic hydroxyl groups is 1. The van der Waals surface area contributed by atoms with Crippen molar-refractivity contribution in [2.45, 2.75) is 33.1 Å². The fraction of sp³-hybridized carbons (Fsp3) is 0.294. The van der Waals surface area contributed by atoms with E-state index >= 15 is 0 Å². The van der Waals surface area contributed by atoms with Crippen LogP contribution in [0.25, 0.3) is 0 Å². The van der Waals surface area contributed by atoms with Crippen LogP contribution in [0.1, 0.15) is 36.1 Å². The van der Waals surface area contributed by atoms with Gasteiger partial charge in [-0.05, 0) is 42.2 Å². The predicted molar refractivity (Wildman–Crippen MR) is 76.2 cm³/mol. The number of aryl methyl sites for hydroxylation is 2. The minimum Gasteiger partial charge on any atom is -0.508 e. The zero-order valence-corrected chi connectivity index (χ0v) is 11.5. The molecule has 94 valence electrons. The van der Waals surface area contributed by atoms with Gasteiger partial charge in [-0.25, -0.2) is 0 Å². The Bertz CT molecular complexity index is 553. The van der Waals surface area contributed by atoms with Crippen LogP contribution in [0.5, 0.6) is 5.75 Å².